The lowest BCUT2D eigenvalue weighted by Gasteiger charge is -2.08. The van der Waals surface area contributed by atoms with Crippen molar-refractivity contribution in [2.45, 2.75) is 31.7 Å². The molecule has 0 atom stereocenters. The molecular weight excluding hydrogens is 400 g/mol. The van der Waals surface area contributed by atoms with Crippen LogP contribution in [0.4, 0.5) is 5.00 Å². The lowest BCUT2D eigenvalue weighted by molar-refractivity contribution is -0.119. The molecule has 0 bridgehead atoms. The van der Waals surface area contributed by atoms with Gasteiger partial charge in [0.15, 0.2) is 6.61 Å². The lowest BCUT2D eigenvalue weighted by Crippen LogP contribution is -2.22. The Balaban J connectivity index is 2.06. The van der Waals surface area contributed by atoms with E-state index < -0.39 is 24.5 Å². The van der Waals surface area contributed by atoms with Gasteiger partial charge < -0.3 is 14.8 Å². The molecule has 2 aromatic rings. The first-order chi connectivity index (χ1) is 13.4. The number of hydrogen-bond donors (Lipinski definition) is 1. The van der Waals surface area contributed by atoms with Crippen molar-refractivity contribution < 1.29 is 23.9 Å². The summed E-state index contributed by atoms with van der Waals surface area (Å²) < 4.78 is 10.1. The highest BCUT2D eigenvalue weighted by Gasteiger charge is 2.21. The minimum Gasteiger partial charge on any atom is -0.462 e. The van der Waals surface area contributed by atoms with Crippen LogP contribution in [0.5, 0.6) is 0 Å². The van der Waals surface area contributed by atoms with Crippen molar-refractivity contribution in [2.75, 3.05) is 24.8 Å². The van der Waals surface area contributed by atoms with E-state index in [9.17, 15) is 14.4 Å². The monoisotopic (exact) mass is 422 g/mol. The third kappa shape index (κ3) is 5.56. The number of hydrogen-bond acceptors (Lipinski definition) is 8. The summed E-state index contributed by atoms with van der Waals surface area (Å²) in [5, 5.41) is 3.55. The quantitative estimate of drug-likeness (QED) is 0.508. The number of thiophene rings is 1. The molecule has 9 heteroatoms. The maximum atomic E-state index is 12.3. The Bertz CT molecular complexity index is 864. The average molecular weight is 423 g/mol. The molecule has 2 aromatic heterocycles. The predicted molar refractivity (Wildman–Crippen MR) is 109 cm³/mol. The van der Waals surface area contributed by atoms with Gasteiger partial charge in [0.2, 0.25) is 0 Å². The van der Waals surface area contributed by atoms with E-state index in [0.29, 0.717) is 21.2 Å². The number of aromatic nitrogens is 1. The largest absolute Gasteiger partial charge is 0.462 e. The maximum Gasteiger partial charge on any atom is 0.341 e. The Kier molecular flexibility index (Phi) is 8.01. The zero-order valence-corrected chi connectivity index (χ0v) is 17.7. The average Bonchev–Trinajstić information content (AvgIpc) is 3.10. The van der Waals surface area contributed by atoms with E-state index in [1.807, 2.05) is 13.8 Å². The summed E-state index contributed by atoms with van der Waals surface area (Å²) in [7, 11) is 0. The highest BCUT2D eigenvalue weighted by atomic mass is 32.2. The standard InChI is InChI=1S/C19H22N2O5S2/c1-5-25-19(24)13-9-14(11(2)3)28-17(13)21-15(22)10-26-18(23)12-7-6-8-20-16(12)27-4/h6-9,11H,5,10H2,1-4H3,(H,21,22). The summed E-state index contributed by atoms with van der Waals surface area (Å²) in [6, 6.07) is 4.93. The fourth-order valence-electron chi connectivity index (χ4n) is 2.23. The minimum absolute atomic E-state index is 0.192. The van der Waals surface area contributed by atoms with E-state index in [4.69, 9.17) is 9.47 Å². The van der Waals surface area contributed by atoms with E-state index in [-0.39, 0.29) is 12.5 Å². The minimum atomic E-state index is -0.632. The first-order valence-electron chi connectivity index (χ1n) is 8.64. The fourth-order valence-corrected chi connectivity index (χ4v) is 3.83. The lowest BCUT2D eigenvalue weighted by atomic mass is 10.1. The smallest absolute Gasteiger partial charge is 0.341 e. The predicted octanol–water partition coefficient (Wildman–Crippen LogP) is 3.96. The second kappa shape index (κ2) is 10.2. The van der Waals surface area contributed by atoms with Crippen molar-refractivity contribution in [3.8, 4) is 0 Å². The van der Waals surface area contributed by atoms with Gasteiger partial charge in [0.05, 0.1) is 17.7 Å². The van der Waals surface area contributed by atoms with E-state index in [0.717, 1.165) is 4.88 Å². The van der Waals surface area contributed by atoms with E-state index in [1.165, 1.54) is 23.1 Å². The zero-order valence-electron chi connectivity index (χ0n) is 16.1. The summed E-state index contributed by atoms with van der Waals surface area (Å²) in [6.07, 6.45) is 3.38. The zero-order chi connectivity index (χ0) is 20.7. The summed E-state index contributed by atoms with van der Waals surface area (Å²) in [5.74, 6) is -1.48. The van der Waals surface area contributed by atoms with Crippen molar-refractivity contribution in [2.24, 2.45) is 0 Å². The van der Waals surface area contributed by atoms with Crippen LogP contribution in [0.2, 0.25) is 0 Å². The molecule has 0 unspecified atom stereocenters. The number of nitrogens with zero attached hydrogens (tertiary/aromatic N) is 1. The molecule has 0 fully saturated rings. The first kappa shape index (κ1) is 21.9. The van der Waals surface area contributed by atoms with Gasteiger partial charge in [-0.05, 0) is 37.3 Å². The summed E-state index contributed by atoms with van der Waals surface area (Å²) >= 11 is 2.61. The second-order valence-corrected chi connectivity index (χ2v) is 7.83. The van der Waals surface area contributed by atoms with E-state index >= 15 is 0 Å². The van der Waals surface area contributed by atoms with Gasteiger partial charge in [-0.3, -0.25) is 4.79 Å². The van der Waals surface area contributed by atoms with Gasteiger partial charge in [-0.25, -0.2) is 14.6 Å². The summed E-state index contributed by atoms with van der Waals surface area (Å²) in [4.78, 5) is 41.6. The van der Waals surface area contributed by atoms with Gasteiger partial charge in [-0.15, -0.1) is 23.1 Å². The molecule has 0 saturated heterocycles. The number of nitrogens with one attached hydrogen (secondary N) is 1. The molecule has 150 valence electrons. The number of amides is 1. The van der Waals surface area contributed by atoms with Gasteiger partial charge in [-0.1, -0.05) is 13.8 Å². The molecule has 1 N–H and O–H groups in total. The van der Waals surface area contributed by atoms with Crippen molar-refractivity contribution >= 4 is 45.9 Å². The molecule has 28 heavy (non-hydrogen) atoms. The molecule has 0 aliphatic carbocycles. The number of anilines is 1. The number of rotatable bonds is 8. The van der Waals surface area contributed by atoms with E-state index in [2.05, 4.69) is 10.3 Å². The Morgan fingerprint density at radius 2 is 1.93 bits per heavy atom. The Morgan fingerprint density at radius 1 is 1.21 bits per heavy atom. The third-order valence-corrected chi connectivity index (χ3v) is 5.65. The van der Waals surface area contributed by atoms with E-state index in [1.54, 1.807) is 37.6 Å². The summed E-state index contributed by atoms with van der Waals surface area (Å²) in [6.45, 7) is 5.46. The summed E-state index contributed by atoms with van der Waals surface area (Å²) in [5.41, 5.74) is 0.598. The Morgan fingerprint density at radius 3 is 2.57 bits per heavy atom. The van der Waals surface area contributed by atoms with Crippen molar-refractivity contribution in [1.82, 2.24) is 4.98 Å². The molecule has 7 nitrogen and oxygen atoms in total. The van der Waals surface area contributed by atoms with Gasteiger partial charge in [0.1, 0.15) is 10.0 Å². The van der Waals surface area contributed by atoms with Crippen LogP contribution in [0, 0.1) is 0 Å². The molecule has 2 heterocycles. The number of carbonyl (C=O) groups excluding carboxylic acids is 3. The molecule has 0 saturated carbocycles. The number of ether oxygens (including phenoxy) is 2. The highest BCUT2D eigenvalue weighted by molar-refractivity contribution is 7.98. The molecular formula is C19H22N2O5S2. The third-order valence-electron chi connectivity index (χ3n) is 3.59. The molecule has 0 radical (unpaired) electrons. The van der Waals surface area contributed by atoms with Crippen LogP contribution >= 0.6 is 23.1 Å². The maximum absolute atomic E-state index is 12.3. The Labute approximate surface area is 171 Å². The van der Waals surface area contributed by atoms with Crippen LogP contribution in [-0.2, 0) is 14.3 Å². The topological polar surface area (TPSA) is 94.6 Å². The van der Waals surface area contributed by atoms with Gasteiger partial charge in [0, 0.05) is 11.1 Å². The van der Waals surface area contributed by atoms with Crippen LogP contribution in [0.1, 0.15) is 52.3 Å². The van der Waals surface area contributed by atoms with Crippen LogP contribution in [0.3, 0.4) is 0 Å². The number of carbonyl (C=O) groups is 3. The van der Waals surface area contributed by atoms with Crippen LogP contribution < -0.4 is 5.32 Å². The Hall–Kier alpha value is -2.39. The highest BCUT2D eigenvalue weighted by Crippen LogP contribution is 2.33. The van der Waals surface area contributed by atoms with Crippen LogP contribution in [-0.4, -0.2) is 42.3 Å². The normalized spacial score (nSPS) is 10.6. The number of thioether (sulfide) groups is 1. The molecule has 0 aliphatic heterocycles. The number of esters is 2. The molecule has 2 rings (SSSR count). The van der Waals surface area contributed by atoms with Gasteiger partial charge >= 0.3 is 11.9 Å². The van der Waals surface area contributed by atoms with Crippen molar-refractivity contribution in [3.05, 3.63) is 40.4 Å². The molecule has 0 aromatic carbocycles. The van der Waals surface area contributed by atoms with Crippen LogP contribution in [0.15, 0.2) is 29.4 Å². The molecule has 1 amide bonds. The van der Waals surface area contributed by atoms with Gasteiger partial charge in [0.25, 0.3) is 5.91 Å². The van der Waals surface area contributed by atoms with Crippen molar-refractivity contribution in [1.29, 1.82) is 0 Å². The molecule has 0 spiro atoms. The fraction of sp³-hybridized carbons (Fsp3) is 0.368. The first-order valence-corrected chi connectivity index (χ1v) is 10.7. The SMILES string of the molecule is CCOC(=O)c1cc(C(C)C)sc1NC(=O)COC(=O)c1cccnc1SC. The van der Waals surface area contributed by atoms with Crippen molar-refractivity contribution in [3.63, 3.8) is 0 Å². The van der Waals surface area contributed by atoms with Crippen LogP contribution in [0.25, 0.3) is 0 Å². The number of pyridine rings is 1. The second-order valence-electron chi connectivity index (χ2n) is 5.95. The van der Waals surface area contributed by atoms with Gasteiger partial charge in [-0.2, -0.15) is 0 Å². The molecule has 0 aliphatic rings.